The molecule has 0 saturated carbocycles. The summed E-state index contributed by atoms with van der Waals surface area (Å²) in [6.45, 7) is 1.41. The van der Waals surface area contributed by atoms with Crippen LogP contribution in [0.3, 0.4) is 0 Å². The zero-order valence-electron chi connectivity index (χ0n) is 9.06. The molecule has 3 rings (SSSR count). The molecule has 0 aromatic carbocycles. The molecule has 3 fully saturated rings. The van der Waals surface area contributed by atoms with E-state index in [9.17, 15) is 14.4 Å². The summed E-state index contributed by atoms with van der Waals surface area (Å²) >= 11 is 0. The lowest BCUT2D eigenvalue weighted by Gasteiger charge is -2.40. The average molecular weight is 241 g/mol. The first-order valence-electron chi connectivity index (χ1n) is 5.34. The third-order valence-corrected chi connectivity index (χ3v) is 3.21. The summed E-state index contributed by atoms with van der Waals surface area (Å²) in [7, 11) is 0. The molecule has 0 bridgehead atoms. The minimum Gasteiger partial charge on any atom is -0.310 e. The van der Waals surface area contributed by atoms with Crippen LogP contribution in [0.1, 0.15) is 6.92 Å². The van der Waals surface area contributed by atoms with Gasteiger partial charge in [-0.3, -0.25) is 20.3 Å². The van der Waals surface area contributed by atoms with Crippen LogP contribution in [0, 0.1) is 0 Å². The normalized spacial score (nSPS) is 38.5. The van der Waals surface area contributed by atoms with Crippen LogP contribution < -0.4 is 26.6 Å². The molecule has 9 heteroatoms. The summed E-state index contributed by atoms with van der Waals surface area (Å²) < 4.78 is 0. The van der Waals surface area contributed by atoms with Gasteiger partial charge in [-0.25, -0.2) is 9.59 Å². The molecular formula is C8H13N6O3+. The Hall–Kier alpha value is -2.03. The van der Waals surface area contributed by atoms with Gasteiger partial charge in [0.2, 0.25) is 18.2 Å². The Morgan fingerprint density at radius 3 is 1.94 bits per heavy atom. The van der Waals surface area contributed by atoms with Crippen LogP contribution in [0.4, 0.5) is 9.59 Å². The van der Waals surface area contributed by atoms with Crippen LogP contribution in [0.25, 0.3) is 0 Å². The van der Waals surface area contributed by atoms with E-state index in [1.54, 1.807) is 0 Å². The minimum atomic E-state index is -0.443. The fraction of sp³-hybridized carbons (Fsp3) is 0.625. The van der Waals surface area contributed by atoms with Gasteiger partial charge in [0.15, 0.2) is 12.3 Å². The third kappa shape index (κ3) is 1.39. The predicted octanol–water partition coefficient (Wildman–Crippen LogP) is -3.66. The third-order valence-electron chi connectivity index (χ3n) is 3.21. The maximum absolute atomic E-state index is 11.7. The van der Waals surface area contributed by atoms with Crippen LogP contribution in [0.15, 0.2) is 0 Å². The number of fused-ring (bicyclic) bond motifs is 2. The number of nitrogens with two attached hydrogens (primary N) is 1. The van der Waals surface area contributed by atoms with Crippen LogP contribution in [-0.2, 0) is 4.79 Å². The van der Waals surface area contributed by atoms with Crippen molar-refractivity contribution in [3.8, 4) is 0 Å². The molecule has 0 unspecified atom stereocenters. The Kier molecular flexibility index (Phi) is 1.93. The van der Waals surface area contributed by atoms with Gasteiger partial charge in [-0.2, -0.15) is 0 Å². The van der Waals surface area contributed by atoms with E-state index in [-0.39, 0.29) is 30.3 Å². The molecule has 6 N–H and O–H groups in total. The highest BCUT2D eigenvalue weighted by molar-refractivity contribution is 5.82. The monoisotopic (exact) mass is 241 g/mol. The lowest BCUT2D eigenvalue weighted by molar-refractivity contribution is -0.743. The quantitative estimate of drug-likeness (QED) is 0.301. The smallest absolute Gasteiger partial charge is 0.310 e. The van der Waals surface area contributed by atoms with Gasteiger partial charge >= 0.3 is 12.1 Å². The van der Waals surface area contributed by atoms with Gasteiger partial charge < -0.3 is 16.0 Å². The number of quaternary nitrogens is 1. The first kappa shape index (κ1) is 10.1. The first-order valence-corrected chi connectivity index (χ1v) is 5.34. The van der Waals surface area contributed by atoms with Crippen molar-refractivity contribution < 1.29 is 19.7 Å². The van der Waals surface area contributed by atoms with Crippen molar-refractivity contribution in [2.75, 3.05) is 0 Å². The molecule has 4 atom stereocenters. The van der Waals surface area contributed by atoms with Crippen molar-refractivity contribution in [2.24, 2.45) is 0 Å². The van der Waals surface area contributed by atoms with Crippen LogP contribution in [0.5, 0.6) is 0 Å². The largest absolute Gasteiger partial charge is 0.321 e. The van der Waals surface area contributed by atoms with Gasteiger partial charge in [0.25, 0.3) is 0 Å². The zero-order valence-corrected chi connectivity index (χ0v) is 9.06. The SMILES string of the molecule is CC(=O)N1[C@@H]2NC(=O)N[C@@H]2[NH2+][C@H]2NC(=O)N[C@@H]21. The summed E-state index contributed by atoms with van der Waals surface area (Å²) in [6, 6.07) is -0.623. The van der Waals surface area contributed by atoms with Crippen molar-refractivity contribution in [3.63, 3.8) is 0 Å². The van der Waals surface area contributed by atoms with Crippen molar-refractivity contribution in [3.05, 3.63) is 0 Å². The standard InChI is InChI=1S/C8H12N6O3/c1-2(15)14-5-3(10-7(16)12-5)9-4-6(14)13-8(17)11-4/h3-6,9H,1H3,(H2,10,12,16)(H2,11,13,17)/p+1/t3-,4-,5-,6+/m0/s1. The number of carbonyl (C=O) groups excluding carboxylic acids is 3. The molecule has 0 aromatic rings. The number of amides is 5. The second-order valence-electron chi connectivity index (χ2n) is 4.30. The highest BCUT2D eigenvalue weighted by Gasteiger charge is 2.54. The van der Waals surface area contributed by atoms with Crippen LogP contribution in [0.2, 0.25) is 0 Å². The van der Waals surface area contributed by atoms with Gasteiger partial charge in [-0.15, -0.1) is 0 Å². The van der Waals surface area contributed by atoms with Crippen molar-refractivity contribution in [1.82, 2.24) is 26.2 Å². The van der Waals surface area contributed by atoms with Crippen molar-refractivity contribution in [2.45, 2.75) is 31.6 Å². The summed E-state index contributed by atoms with van der Waals surface area (Å²) in [5.41, 5.74) is 0. The molecule has 3 saturated heterocycles. The lowest BCUT2D eigenvalue weighted by atomic mass is 10.2. The highest BCUT2D eigenvalue weighted by Crippen LogP contribution is 2.15. The molecule has 0 aliphatic carbocycles. The van der Waals surface area contributed by atoms with E-state index in [1.807, 2.05) is 5.32 Å². The number of carbonyl (C=O) groups is 3. The molecule has 92 valence electrons. The Morgan fingerprint density at radius 1 is 1.06 bits per heavy atom. The Labute approximate surface area is 96.3 Å². The van der Waals surface area contributed by atoms with Crippen LogP contribution >= 0.6 is 0 Å². The van der Waals surface area contributed by atoms with E-state index >= 15 is 0 Å². The number of hydrogen-bond donors (Lipinski definition) is 5. The van der Waals surface area contributed by atoms with Gasteiger partial charge in [0.05, 0.1) is 0 Å². The second kappa shape index (κ2) is 3.23. The number of piperazine rings is 1. The average Bonchev–Trinajstić information content (AvgIpc) is 2.73. The molecule has 3 aliphatic heterocycles. The van der Waals surface area contributed by atoms with E-state index in [2.05, 4.69) is 21.3 Å². The molecule has 0 radical (unpaired) electrons. The van der Waals surface area contributed by atoms with Gasteiger partial charge in [-0.1, -0.05) is 0 Å². The van der Waals surface area contributed by atoms with E-state index in [0.29, 0.717) is 0 Å². The van der Waals surface area contributed by atoms with E-state index < -0.39 is 12.3 Å². The first-order chi connectivity index (χ1) is 8.06. The fourth-order valence-electron chi connectivity index (χ4n) is 2.57. The summed E-state index contributed by atoms with van der Waals surface area (Å²) in [4.78, 5) is 35.7. The zero-order chi connectivity index (χ0) is 12.2. The van der Waals surface area contributed by atoms with Gasteiger partial charge in [0, 0.05) is 6.92 Å². The number of nitrogens with one attached hydrogen (secondary N) is 4. The summed E-state index contributed by atoms with van der Waals surface area (Å²) in [6.07, 6.45) is -1.46. The maximum Gasteiger partial charge on any atom is 0.321 e. The Balaban J connectivity index is 1.92. The number of rotatable bonds is 0. The Bertz CT molecular complexity index is 382. The van der Waals surface area contributed by atoms with E-state index in [4.69, 9.17) is 0 Å². The van der Waals surface area contributed by atoms with E-state index in [0.717, 1.165) is 0 Å². The molecule has 17 heavy (non-hydrogen) atoms. The van der Waals surface area contributed by atoms with Gasteiger partial charge in [0.1, 0.15) is 0 Å². The molecule has 3 aliphatic rings. The Morgan fingerprint density at radius 2 is 1.53 bits per heavy atom. The van der Waals surface area contributed by atoms with Gasteiger partial charge in [-0.05, 0) is 0 Å². The molecular weight excluding hydrogens is 228 g/mol. The van der Waals surface area contributed by atoms with Crippen molar-refractivity contribution >= 4 is 18.0 Å². The molecule has 9 nitrogen and oxygen atoms in total. The number of nitrogens with zero attached hydrogens (tertiary/aromatic N) is 1. The second-order valence-corrected chi connectivity index (χ2v) is 4.30. The molecule has 0 spiro atoms. The fourth-order valence-corrected chi connectivity index (χ4v) is 2.57. The molecule has 0 aromatic heterocycles. The summed E-state index contributed by atoms with van der Waals surface area (Å²) in [5.74, 6) is -0.198. The van der Waals surface area contributed by atoms with Crippen molar-refractivity contribution in [1.29, 1.82) is 0 Å². The van der Waals surface area contributed by atoms with E-state index in [1.165, 1.54) is 11.8 Å². The lowest BCUT2D eigenvalue weighted by Crippen LogP contribution is -3.07. The highest BCUT2D eigenvalue weighted by atomic mass is 16.2. The van der Waals surface area contributed by atoms with Crippen LogP contribution in [-0.4, -0.2) is 47.5 Å². The topological polar surface area (TPSA) is 119 Å². The number of urea groups is 2. The number of hydrogen-bond acceptors (Lipinski definition) is 3. The summed E-state index contributed by atoms with van der Waals surface area (Å²) in [5, 5.41) is 12.5. The molecule has 3 heterocycles. The molecule has 5 amide bonds. The maximum atomic E-state index is 11.7. The minimum absolute atomic E-state index is 0.198. The predicted molar refractivity (Wildman–Crippen MR) is 52.9 cm³/mol.